The Kier molecular flexibility index (Phi) is 5.33. The van der Waals surface area contributed by atoms with E-state index < -0.39 is 0 Å². The van der Waals surface area contributed by atoms with Gasteiger partial charge in [-0.25, -0.2) is 4.98 Å². The normalized spacial score (nSPS) is 14.7. The number of nitrogens with one attached hydrogen (secondary N) is 2. The van der Waals surface area contributed by atoms with Gasteiger partial charge in [0.1, 0.15) is 0 Å². The average molecular weight is 492 g/mol. The first kappa shape index (κ1) is 21.4. The fraction of sp³-hybridized carbons (Fsp3) is 0.214. The van der Waals surface area contributed by atoms with Crippen molar-refractivity contribution in [3.05, 3.63) is 71.4 Å². The molecule has 6 aromatic rings. The van der Waals surface area contributed by atoms with E-state index in [4.69, 9.17) is 0 Å². The summed E-state index contributed by atoms with van der Waals surface area (Å²) in [6.07, 6.45) is 11.6. The Bertz CT molecular complexity index is 1660. The molecule has 7 nitrogen and oxygen atoms in total. The average Bonchev–Trinajstić information content (AvgIpc) is 3.68. The van der Waals surface area contributed by atoms with Crippen molar-refractivity contribution in [2.24, 2.45) is 0 Å². The number of hydrogen-bond donors (Lipinski definition) is 2. The SMILES string of the molecule is c1cc2[nH]c(-c3[nH]nc4ncc(-c5cncc(CN6CCCCC6)c5)cc34)cc2c(-c2ccsc2)n1. The van der Waals surface area contributed by atoms with E-state index in [1.54, 1.807) is 11.3 Å². The van der Waals surface area contributed by atoms with Gasteiger partial charge in [-0.2, -0.15) is 16.4 Å². The van der Waals surface area contributed by atoms with Gasteiger partial charge in [0, 0.05) is 69.7 Å². The van der Waals surface area contributed by atoms with Gasteiger partial charge < -0.3 is 4.98 Å². The standard InChI is InChI=1S/C28H25N7S/c1-2-7-35(8-3-1)16-18-10-20(14-29-13-18)21-11-23-27(33-34-28(23)31-15-21)25-12-22-24(32-25)4-6-30-26(22)19-5-9-36-17-19/h4-6,9-15,17,32H,1-3,7-8,16H2,(H,31,33,34). The number of aromatic nitrogens is 6. The first-order chi connectivity index (χ1) is 17.8. The highest BCUT2D eigenvalue weighted by Gasteiger charge is 2.16. The van der Waals surface area contributed by atoms with Gasteiger partial charge in [-0.3, -0.25) is 20.0 Å². The van der Waals surface area contributed by atoms with E-state index in [1.807, 2.05) is 30.9 Å². The van der Waals surface area contributed by atoms with Crippen LogP contribution in [0.3, 0.4) is 0 Å². The number of pyridine rings is 3. The van der Waals surface area contributed by atoms with Gasteiger partial charge in [0.25, 0.3) is 0 Å². The lowest BCUT2D eigenvalue weighted by Gasteiger charge is -2.26. The van der Waals surface area contributed by atoms with Gasteiger partial charge in [-0.15, -0.1) is 0 Å². The number of piperidine rings is 1. The maximum absolute atomic E-state index is 4.66. The summed E-state index contributed by atoms with van der Waals surface area (Å²) in [6.45, 7) is 3.29. The van der Waals surface area contributed by atoms with Crippen LogP contribution in [0.4, 0.5) is 0 Å². The number of hydrogen-bond acceptors (Lipinski definition) is 6. The molecule has 0 radical (unpaired) electrons. The predicted molar refractivity (Wildman–Crippen MR) is 145 cm³/mol. The molecule has 8 heteroatoms. The third-order valence-corrected chi connectivity index (χ3v) is 7.69. The van der Waals surface area contributed by atoms with E-state index in [0.717, 1.165) is 56.6 Å². The van der Waals surface area contributed by atoms with Gasteiger partial charge in [-0.1, -0.05) is 6.42 Å². The van der Waals surface area contributed by atoms with E-state index in [0.29, 0.717) is 5.65 Å². The molecule has 2 N–H and O–H groups in total. The summed E-state index contributed by atoms with van der Waals surface area (Å²) in [5.74, 6) is 0. The Labute approximate surface area is 212 Å². The van der Waals surface area contributed by atoms with Crippen molar-refractivity contribution >= 4 is 33.3 Å². The first-order valence-electron chi connectivity index (χ1n) is 12.3. The Morgan fingerprint density at radius 3 is 2.69 bits per heavy atom. The zero-order valence-corrected chi connectivity index (χ0v) is 20.6. The summed E-state index contributed by atoms with van der Waals surface area (Å²) >= 11 is 1.68. The molecule has 178 valence electrons. The van der Waals surface area contributed by atoms with Crippen LogP contribution in [0.2, 0.25) is 0 Å². The molecule has 1 saturated heterocycles. The summed E-state index contributed by atoms with van der Waals surface area (Å²) in [5.41, 5.74) is 9.09. The highest BCUT2D eigenvalue weighted by molar-refractivity contribution is 7.08. The monoisotopic (exact) mass is 491 g/mol. The minimum absolute atomic E-state index is 0.695. The lowest BCUT2D eigenvalue weighted by Crippen LogP contribution is -2.29. The molecule has 0 saturated carbocycles. The fourth-order valence-electron chi connectivity index (χ4n) is 5.19. The van der Waals surface area contributed by atoms with Crippen molar-refractivity contribution in [1.29, 1.82) is 0 Å². The lowest BCUT2D eigenvalue weighted by atomic mass is 10.0. The van der Waals surface area contributed by atoms with Crippen LogP contribution in [0.25, 0.3) is 55.7 Å². The molecule has 7 rings (SSSR count). The highest BCUT2D eigenvalue weighted by atomic mass is 32.1. The maximum Gasteiger partial charge on any atom is 0.181 e. The topological polar surface area (TPSA) is 86.4 Å². The van der Waals surface area contributed by atoms with Gasteiger partial charge in [-0.05, 0) is 67.2 Å². The van der Waals surface area contributed by atoms with Crippen LogP contribution in [0.5, 0.6) is 0 Å². The Morgan fingerprint density at radius 2 is 1.81 bits per heavy atom. The number of nitrogens with zero attached hydrogens (tertiary/aromatic N) is 5. The van der Waals surface area contributed by atoms with Crippen LogP contribution in [0.15, 0.2) is 65.9 Å². The van der Waals surface area contributed by atoms with E-state index >= 15 is 0 Å². The summed E-state index contributed by atoms with van der Waals surface area (Å²) < 4.78 is 0. The van der Waals surface area contributed by atoms with Crippen LogP contribution in [0, 0.1) is 0 Å². The van der Waals surface area contributed by atoms with E-state index in [9.17, 15) is 0 Å². The third-order valence-electron chi connectivity index (χ3n) is 7.00. The number of H-pyrrole nitrogens is 2. The molecule has 1 aliphatic heterocycles. The molecule has 0 unspecified atom stereocenters. The second-order valence-electron chi connectivity index (χ2n) is 9.43. The number of thiophene rings is 1. The van der Waals surface area contributed by atoms with Crippen molar-refractivity contribution in [2.75, 3.05) is 13.1 Å². The number of fused-ring (bicyclic) bond motifs is 2. The maximum atomic E-state index is 4.66. The van der Waals surface area contributed by atoms with Gasteiger partial charge in [0.2, 0.25) is 0 Å². The van der Waals surface area contributed by atoms with Crippen molar-refractivity contribution < 1.29 is 0 Å². The zero-order valence-electron chi connectivity index (χ0n) is 19.7. The largest absolute Gasteiger partial charge is 0.353 e. The van der Waals surface area contributed by atoms with Crippen LogP contribution in [0.1, 0.15) is 24.8 Å². The van der Waals surface area contributed by atoms with E-state index in [2.05, 4.69) is 70.1 Å². The quantitative estimate of drug-likeness (QED) is 0.296. The molecule has 36 heavy (non-hydrogen) atoms. The molecule has 7 heterocycles. The molecule has 1 aliphatic rings. The molecule has 0 aromatic carbocycles. The Morgan fingerprint density at radius 1 is 0.889 bits per heavy atom. The van der Waals surface area contributed by atoms with E-state index in [-0.39, 0.29) is 0 Å². The van der Waals surface area contributed by atoms with Gasteiger partial charge >= 0.3 is 0 Å². The molecular weight excluding hydrogens is 466 g/mol. The highest BCUT2D eigenvalue weighted by Crippen LogP contribution is 2.34. The summed E-state index contributed by atoms with van der Waals surface area (Å²) in [7, 11) is 0. The Hall–Kier alpha value is -3.88. The lowest BCUT2D eigenvalue weighted by molar-refractivity contribution is 0.220. The third kappa shape index (κ3) is 3.88. The minimum Gasteiger partial charge on any atom is -0.353 e. The van der Waals surface area contributed by atoms with Crippen LogP contribution in [-0.4, -0.2) is 48.1 Å². The Balaban J connectivity index is 1.26. The van der Waals surface area contributed by atoms with Crippen molar-refractivity contribution in [3.8, 4) is 33.8 Å². The summed E-state index contributed by atoms with van der Waals surface area (Å²) in [4.78, 5) is 19.9. The molecular formula is C28H25N7S. The first-order valence-corrected chi connectivity index (χ1v) is 13.3. The molecule has 0 amide bonds. The van der Waals surface area contributed by atoms with Crippen LogP contribution in [-0.2, 0) is 6.54 Å². The van der Waals surface area contributed by atoms with Crippen LogP contribution < -0.4 is 0 Å². The molecule has 0 atom stereocenters. The summed E-state index contributed by atoms with van der Waals surface area (Å²) in [5, 5.41) is 14.0. The molecule has 0 bridgehead atoms. The number of likely N-dealkylation sites (tertiary alicyclic amines) is 1. The van der Waals surface area contributed by atoms with Crippen molar-refractivity contribution in [1.82, 2.24) is 35.0 Å². The van der Waals surface area contributed by atoms with Gasteiger partial charge in [0.15, 0.2) is 5.65 Å². The minimum atomic E-state index is 0.695. The smallest absolute Gasteiger partial charge is 0.181 e. The molecule has 0 spiro atoms. The fourth-order valence-corrected chi connectivity index (χ4v) is 5.83. The second kappa shape index (κ2) is 8.96. The molecule has 1 fully saturated rings. The second-order valence-corrected chi connectivity index (χ2v) is 10.2. The number of rotatable bonds is 5. The zero-order chi connectivity index (χ0) is 23.9. The molecule has 6 aromatic heterocycles. The van der Waals surface area contributed by atoms with Crippen molar-refractivity contribution in [3.63, 3.8) is 0 Å². The molecule has 0 aliphatic carbocycles. The van der Waals surface area contributed by atoms with E-state index in [1.165, 1.54) is 37.9 Å². The number of aromatic amines is 2. The van der Waals surface area contributed by atoms with Crippen molar-refractivity contribution in [2.45, 2.75) is 25.8 Å². The predicted octanol–water partition coefficient (Wildman–Crippen LogP) is 6.28. The van der Waals surface area contributed by atoms with Crippen LogP contribution >= 0.6 is 11.3 Å². The van der Waals surface area contributed by atoms with Gasteiger partial charge in [0.05, 0.1) is 17.1 Å². The summed E-state index contributed by atoms with van der Waals surface area (Å²) in [6, 6.07) is 10.7.